The summed E-state index contributed by atoms with van der Waals surface area (Å²) in [7, 11) is 2.01. The van der Waals surface area contributed by atoms with Gasteiger partial charge in [0.1, 0.15) is 0 Å². The van der Waals surface area contributed by atoms with E-state index < -0.39 is 0 Å². The minimum absolute atomic E-state index is 0. The molecule has 0 bridgehead atoms. The van der Waals surface area contributed by atoms with Crippen LogP contribution in [-0.4, -0.2) is 43.0 Å². The van der Waals surface area contributed by atoms with Crippen LogP contribution in [0.4, 0.5) is 0 Å². The van der Waals surface area contributed by atoms with Crippen molar-refractivity contribution >= 4 is 42.4 Å². The maximum atomic E-state index is 4.92. The van der Waals surface area contributed by atoms with E-state index in [1.165, 1.54) is 11.1 Å². The van der Waals surface area contributed by atoms with Gasteiger partial charge in [-0.3, -0.25) is 0 Å². The second-order valence-electron chi connectivity index (χ2n) is 6.85. The van der Waals surface area contributed by atoms with Crippen LogP contribution in [0, 0.1) is 0 Å². The van der Waals surface area contributed by atoms with Gasteiger partial charge in [-0.1, -0.05) is 0 Å². The van der Waals surface area contributed by atoms with Crippen molar-refractivity contribution in [1.82, 2.24) is 5.01 Å². The van der Waals surface area contributed by atoms with Crippen molar-refractivity contribution in [3.8, 4) is 0 Å². The van der Waals surface area contributed by atoms with Crippen LogP contribution in [0.2, 0.25) is 0 Å². The maximum absolute atomic E-state index is 4.92. The molecule has 2 aromatic rings. The molecule has 2 aromatic carbocycles. The first kappa shape index (κ1) is 19.9. The molecule has 0 amide bonds. The van der Waals surface area contributed by atoms with E-state index in [0.29, 0.717) is 4.82 Å². The minimum atomic E-state index is -0.0909. The average Bonchev–Trinajstić information content (AvgIpc) is 2.57. The molecule has 1 aliphatic heterocycles. The van der Waals surface area contributed by atoms with E-state index in [0.717, 1.165) is 10.4 Å². The molecule has 0 spiro atoms. The fraction of sp³-hybridized carbons (Fsp3) is 0.300. The summed E-state index contributed by atoms with van der Waals surface area (Å²) in [6, 6.07) is 21.2. The Hall–Kier alpha value is -1.42. The van der Waals surface area contributed by atoms with Crippen molar-refractivity contribution < 1.29 is 0 Å². The van der Waals surface area contributed by atoms with Crippen LogP contribution in [0.15, 0.2) is 70.8 Å². The first-order chi connectivity index (χ1) is 11.4. The standard InChI is InChI=1S/C20H23N3Se.BrH/c1-20(2,3)21-19-23(4)22-17(15-11-7-5-8-12-15)18(24-19)16-13-9-6-10-14-16;/h5-14,18H,1-4H3;1H. The van der Waals surface area contributed by atoms with Gasteiger partial charge >= 0.3 is 150 Å². The van der Waals surface area contributed by atoms with Gasteiger partial charge in [0.15, 0.2) is 0 Å². The number of aliphatic imine (C=N–C) groups is 1. The zero-order chi connectivity index (χ0) is 17.2. The van der Waals surface area contributed by atoms with Gasteiger partial charge in [0.25, 0.3) is 0 Å². The quantitative estimate of drug-likeness (QED) is 0.600. The van der Waals surface area contributed by atoms with Crippen LogP contribution in [0.5, 0.6) is 0 Å². The second kappa shape index (κ2) is 8.31. The van der Waals surface area contributed by atoms with Gasteiger partial charge in [0.05, 0.1) is 0 Å². The molecule has 3 rings (SSSR count). The Morgan fingerprint density at radius 3 is 2.08 bits per heavy atom. The summed E-state index contributed by atoms with van der Waals surface area (Å²) in [4.78, 5) is 5.21. The summed E-state index contributed by atoms with van der Waals surface area (Å²) in [6.07, 6.45) is 0. The Bertz CT molecular complexity index is 752. The number of hydrogen-bond donors (Lipinski definition) is 0. The zero-order valence-corrected chi connectivity index (χ0v) is 18.4. The third-order valence-electron chi connectivity index (χ3n) is 3.61. The van der Waals surface area contributed by atoms with Crippen LogP contribution >= 0.6 is 17.0 Å². The predicted molar refractivity (Wildman–Crippen MR) is 113 cm³/mol. The average molecular weight is 465 g/mol. The molecule has 0 radical (unpaired) electrons. The van der Waals surface area contributed by atoms with Crippen molar-refractivity contribution in [1.29, 1.82) is 0 Å². The number of nitrogens with zero attached hydrogens (tertiary/aromatic N) is 3. The van der Waals surface area contributed by atoms with E-state index >= 15 is 0 Å². The summed E-state index contributed by atoms with van der Waals surface area (Å²) in [6.45, 7) is 6.41. The summed E-state index contributed by atoms with van der Waals surface area (Å²) in [5, 5.41) is 6.88. The number of hydrazone groups is 1. The molecule has 25 heavy (non-hydrogen) atoms. The third-order valence-corrected chi connectivity index (χ3v) is 6.33. The van der Waals surface area contributed by atoms with Crippen molar-refractivity contribution in [3.63, 3.8) is 0 Å². The number of benzene rings is 2. The molecule has 0 N–H and O–H groups in total. The van der Waals surface area contributed by atoms with Crippen LogP contribution in [0.25, 0.3) is 0 Å². The molecule has 0 aromatic heterocycles. The first-order valence-corrected chi connectivity index (χ1v) is 9.98. The van der Waals surface area contributed by atoms with E-state index in [9.17, 15) is 0 Å². The predicted octanol–water partition coefficient (Wildman–Crippen LogP) is 4.51. The van der Waals surface area contributed by atoms with E-state index in [2.05, 4.69) is 75.4 Å². The monoisotopic (exact) mass is 465 g/mol. The van der Waals surface area contributed by atoms with Crippen molar-refractivity contribution in [3.05, 3.63) is 71.8 Å². The van der Waals surface area contributed by atoms with E-state index in [-0.39, 0.29) is 37.5 Å². The molecule has 0 saturated heterocycles. The van der Waals surface area contributed by atoms with Gasteiger partial charge in [0, 0.05) is 0 Å². The van der Waals surface area contributed by atoms with Gasteiger partial charge in [-0.2, -0.15) is 0 Å². The first-order valence-electron chi connectivity index (χ1n) is 8.13. The normalized spacial score (nSPS) is 19.4. The Labute approximate surface area is 167 Å². The Morgan fingerprint density at radius 1 is 0.960 bits per heavy atom. The molecule has 1 unspecified atom stereocenters. The second-order valence-corrected chi connectivity index (χ2v) is 9.10. The molecule has 1 atom stereocenters. The summed E-state index contributed by atoms with van der Waals surface area (Å²) < 4.78 is 1.10. The number of hydrogen-bond acceptors (Lipinski definition) is 2. The summed E-state index contributed by atoms with van der Waals surface area (Å²) in [5.74, 6) is 0. The number of halogens is 1. The van der Waals surface area contributed by atoms with Crippen LogP contribution in [0.3, 0.4) is 0 Å². The summed E-state index contributed by atoms with van der Waals surface area (Å²) in [5.41, 5.74) is 3.55. The fourth-order valence-corrected chi connectivity index (χ4v) is 5.32. The molecule has 5 heteroatoms. The molecular weight excluding hydrogens is 441 g/mol. The van der Waals surface area contributed by atoms with Crippen LogP contribution < -0.4 is 0 Å². The molecular formula is C20H24BrN3Se. The molecule has 1 heterocycles. The molecule has 0 aliphatic carbocycles. The number of rotatable bonds is 2. The van der Waals surface area contributed by atoms with Gasteiger partial charge in [0.2, 0.25) is 0 Å². The van der Waals surface area contributed by atoms with Crippen LogP contribution in [-0.2, 0) is 0 Å². The Morgan fingerprint density at radius 2 is 1.52 bits per heavy atom. The van der Waals surface area contributed by atoms with E-state index in [1.807, 2.05) is 18.1 Å². The van der Waals surface area contributed by atoms with Crippen LogP contribution in [0.1, 0.15) is 36.7 Å². The number of amidine groups is 1. The van der Waals surface area contributed by atoms with Gasteiger partial charge < -0.3 is 0 Å². The van der Waals surface area contributed by atoms with Crippen molar-refractivity contribution in [2.24, 2.45) is 10.1 Å². The van der Waals surface area contributed by atoms with Crippen molar-refractivity contribution in [2.45, 2.75) is 31.1 Å². The molecule has 132 valence electrons. The zero-order valence-electron chi connectivity index (χ0n) is 15.0. The van der Waals surface area contributed by atoms with E-state index in [4.69, 9.17) is 10.1 Å². The van der Waals surface area contributed by atoms with Crippen molar-refractivity contribution in [2.75, 3.05) is 7.05 Å². The molecule has 0 saturated carbocycles. The van der Waals surface area contributed by atoms with Gasteiger partial charge in [-0.25, -0.2) is 0 Å². The molecule has 3 nitrogen and oxygen atoms in total. The Kier molecular flexibility index (Phi) is 6.61. The summed E-state index contributed by atoms with van der Waals surface area (Å²) >= 11 is 0.191. The molecule has 1 aliphatic rings. The Balaban J connectivity index is 0.00000225. The fourth-order valence-electron chi connectivity index (χ4n) is 2.55. The third kappa shape index (κ3) is 5.04. The van der Waals surface area contributed by atoms with E-state index in [1.54, 1.807) is 0 Å². The van der Waals surface area contributed by atoms with Gasteiger partial charge in [-0.05, 0) is 0 Å². The SMILES string of the molecule is Br.CN1N=C(c2ccccc2)C(c2ccccc2)[Se]C1=NC(C)(C)C. The van der Waals surface area contributed by atoms with Gasteiger partial charge in [-0.15, -0.1) is 17.0 Å². The topological polar surface area (TPSA) is 28.0 Å². The molecule has 0 fully saturated rings.